The second kappa shape index (κ2) is 6.60. The normalized spacial score (nSPS) is 16.2. The van der Waals surface area contributed by atoms with Gasteiger partial charge in [0.25, 0.3) is 0 Å². The zero-order chi connectivity index (χ0) is 20.1. The van der Waals surface area contributed by atoms with Crippen molar-refractivity contribution in [2.75, 3.05) is 7.11 Å². The number of carbonyl (C=O) groups is 1. The molecule has 0 radical (unpaired) electrons. The first-order valence-corrected chi connectivity index (χ1v) is 9.22. The Morgan fingerprint density at radius 1 is 1.29 bits per heavy atom. The quantitative estimate of drug-likeness (QED) is 0.733. The molecular weight excluding hydrogens is 358 g/mol. The highest BCUT2D eigenvalue weighted by atomic mass is 16.6. The minimum Gasteiger partial charge on any atom is -0.494 e. The Labute approximate surface area is 162 Å². The summed E-state index contributed by atoms with van der Waals surface area (Å²) >= 11 is 0. The molecule has 28 heavy (non-hydrogen) atoms. The average Bonchev–Trinajstić information content (AvgIpc) is 3.20. The van der Waals surface area contributed by atoms with Crippen molar-refractivity contribution in [2.45, 2.75) is 45.3 Å². The van der Waals surface area contributed by atoms with Crippen LogP contribution in [-0.4, -0.2) is 44.8 Å². The SMILES string of the molecule is COc1cc2c(cnn2C(=O)OC(C)(C)C)nc1-c1cccc2c1CC(O)C2. The summed E-state index contributed by atoms with van der Waals surface area (Å²) in [5.74, 6) is 0.535. The van der Waals surface area contributed by atoms with Crippen LogP contribution in [0, 0.1) is 0 Å². The molecular formula is C21H23N3O4. The lowest BCUT2D eigenvalue weighted by atomic mass is 9.99. The molecule has 1 N–H and O–H groups in total. The van der Waals surface area contributed by atoms with Gasteiger partial charge in [0.15, 0.2) is 0 Å². The van der Waals surface area contributed by atoms with Crippen LogP contribution in [0.25, 0.3) is 22.3 Å². The lowest BCUT2D eigenvalue weighted by Gasteiger charge is -2.19. The number of ether oxygens (including phenoxy) is 2. The summed E-state index contributed by atoms with van der Waals surface area (Å²) in [6.07, 6.45) is 1.83. The van der Waals surface area contributed by atoms with Gasteiger partial charge in [-0.1, -0.05) is 18.2 Å². The lowest BCUT2D eigenvalue weighted by Crippen LogP contribution is -2.27. The van der Waals surface area contributed by atoms with Crippen molar-refractivity contribution < 1.29 is 19.4 Å². The molecule has 0 bridgehead atoms. The molecule has 3 aromatic rings. The van der Waals surface area contributed by atoms with E-state index in [1.54, 1.807) is 40.1 Å². The van der Waals surface area contributed by atoms with Crippen LogP contribution in [0.1, 0.15) is 31.9 Å². The van der Waals surface area contributed by atoms with Crippen LogP contribution in [0.2, 0.25) is 0 Å². The van der Waals surface area contributed by atoms with Crippen molar-refractivity contribution in [3.05, 3.63) is 41.6 Å². The summed E-state index contributed by atoms with van der Waals surface area (Å²) in [4.78, 5) is 17.2. The molecule has 0 amide bonds. The van der Waals surface area contributed by atoms with E-state index in [9.17, 15) is 9.90 Å². The van der Waals surface area contributed by atoms with E-state index in [2.05, 4.69) is 5.10 Å². The molecule has 2 aromatic heterocycles. The van der Waals surface area contributed by atoms with Gasteiger partial charge in [-0.2, -0.15) is 9.78 Å². The van der Waals surface area contributed by atoms with E-state index in [1.165, 1.54) is 4.68 Å². The summed E-state index contributed by atoms with van der Waals surface area (Å²) in [6.45, 7) is 5.41. The van der Waals surface area contributed by atoms with Crippen molar-refractivity contribution >= 4 is 17.1 Å². The van der Waals surface area contributed by atoms with Crippen molar-refractivity contribution in [2.24, 2.45) is 0 Å². The topological polar surface area (TPSA) is 86.5 Å². The van der Waals surface area contributed by atoms with Crippen LogP contribution in [-0.2, 0) is 17.6 Å². The number of pyridine rings is 1. The van der Waals surface area contributed by atoms with Gasteiger partial charge in [-0.15, -0.1) is 0 Å². The Kier molecular flexibility index (Phi) is 4.34. The molecule has 0 saturated carbocycles. The zero-order valence-corrected chi connectivity index (χ0v) is 16.4. The molecule has 146 valence electrons. The molecule has 1 atom stereocenters. The van der Waals surface area contributed by atoms with Crippen LogP contribution in [0.3, 0.4) is 0 Å². The van der Waals surface area contributed by atoms with Crippen molar-refractivity contribution in [3.63, 3.8) is 0 Å². The predicted octanol–water partition coefficient (Wildman–Crippen LogP) is 3.35. The lowest BCUT2D eigenvalue weighted by molar-refractivity contribution is 0.0522. The average molecular weight is 381 g/mol. The Hall–Kier alpha value is -2.93. The van der Waals surface area contributed by atoms with Gasteiger partial charge >= 0.3 is 6.09 Å². The molecule has 1 aliphatic carbocycles. The summed E-state index contributed by atoms with van der Waals surface area (Å²) in [5.41, 5.74) is 4.26. The third-order valence-corrected chi connectivity index (χ3v) is 4.73. The molecule has 0 aliphatic heterocycles. The number of fused-ring (bicyclic) bond motifs is 2. The van der Waals surface area contributed by atoms with Gasteiger partial charge in [0.05, 0.1) is 19.4 Å². The van der Waals surface area contributed by atoms with Crippen LogP contribution < -0.4 is 4.74 Å². The van der Waals surface area contributed by atoms with E-state index in [0.717, 1.165) is 16.7 Å². The third kappa shape index (κ3) is 3.22. The van der Waals surface area contributed by atoms with E-state index < -0.39 is 11.7 Å². The number of carbonyl (C=O) groups excluding carboxylic acids is 1. The van der Waals surface area contributed by atoms with Gasteiger partial charge in [0, 0.05) is 11.6 Å². The first kappa shape index (κ1) is 18.4. The number of methoxy groups -OCH3 is 1. The monoisotopic (exact) mass is 381 g/mol. The molecule has 4 rings (SSSR count). The maximum Gasteiger partial charge on any atom is 0.435 e. The first-order chi connectivity index (χ1) is 13.3. The fourth-order valence-electron chi connectivity index (χ4n) is 3.59. The van der Waals surface area contributed by atoms with E-state index in [0.29, 0.717) is 35.3 Å². The highest BCUT2D eigenvalue weighted by Gasteiger charge is 2.26. The molecule has 0 fully saturated rings. The molecule has 0 spiro atoms. The van der Waals surface area contributed by atoms with Crippen LogP contribution >= 0.6 is 0 Å². The van der Waals surface area contributed by atoms with E-state index >= 15 is 0 Å². The van der Waals surface area contributed by atoms with Gasteiger partial charge < -0.3 is 14.6 Å². The Bertz CT molecular complexity index is 1070. The Balaban J connectivity index is 1.83. The van der Waals surface area contributed by atoms with Crippen molar-refractivity contribution in [1.82, 2.24) is 14.8 Å². The Morgan fingerprint density at radius 3 is 2.79 bits per heavy atom. The zero-order valence-electron chi connectivity index (χ0n) is 16.4. The number of aromatic nitrogens is 3. The minimum atomic E-state index is -0.627. The molecule has 1 aromatic carbocycles. The number of nitrogens with zero attached hydrogens (tertiary/aromatic N) is 3. The smallest absolute Gasteiger partial charge is 0.435 e. The van der Waals surface area contributed by atoms with Crippen LogP contribution in [0.15, 0.2) is 30.5 Å². The summed E-state index contributed by atoms with van der Waals surface area (Å²) in [6, 6.07) is 7.72. The Morgan fingerprint density at radius 2 is 2.07 bits per heavy atom. The largest absolute Gasteiger partial charge is 0.494 e. The maximum atomic E-state index is 12.5. The summed E-state index contributed by atoms with van der Waals surface area (Å²) in [5, 5.41) is 14.2. The van der Waals surface area contributed by atoms with Gasteiger partial charge in [-0.25, -0.2) is 9.78 Å². The number of hydrogen-bond donors (Lipinski definition) is 1. The number of aliphatic hydroxyl groups is 1. The van der Waals surface area contributed by atoms with Crippen LogP contribution in [0.5, 0.6) is 5.75 Å². The predicted molar refractivity (Wildman–Crippen MR) is 105 cm³/mol. The van der Waals surface area contributed by atoms with Gasteiger partial charge in [0.1, 0.15) is 28.1 Å². The second-order valence-corrected chi connectivity index (χ2v) is 7.99. The molecule has 2 heterocycles. The summed E-state index contributed by atoms with van der Waals surface area (Å²) < 4.78 is 12.2. The summed E-state index contributed by atoms with van der Waals surface area (Å²) in [7, 11) is 1.57. The molecule has 1 unspecified atom stereocenters. The van der Waals surface area contributed by atoms with E-state index in [-0.39, 0.29) is 6.10 Å². The number of aliphatic hydroxyl groups excluding tert-OH is 1. The number of benzene rings is 1. The fraction of sp³-hybridized carbons (Fsp3) is 0.381. The van der Waals surface area contributed by atoms with E-state index in [1.807, 2.05) is 18.2 Å². The third-order valence-electron chi connectivity index (χ3n) is 4.73. The highest BCUT2D eigenvalue weighted by molar-refractivity contribution is 5.89. The van der Waals surface area contributed by atoms with Gasteiger partial charge in [-0.3, -0.25) is 0 Å². The molecule has 7 nitrogen and oxygen atoms in total. The maximum absolute atomic E-state index is 12.5. The number of rotatable bonds is 2. The highest BCUT2D eigenvalue weighted by Crippen LogP contribution is 2.37. The molecule has 7 heteroatoms. The number of hydrogen-bond acceptors (Lipinski definition) is 6. The van der Waals surface area contributed by atoms with Crippen molar-refractivity contribution in [3.8, 4) is 17.0 Å². The van der Waals surface area contributed by atoms with E-state index in [4.69, 9.17) is 14.5 Å². The fourth-order valence-corrected chi connectivity index (χ4v) is 3.59. The molecule has 1 aliphatic rings. The molecule has 0 saturated heterocycles. The minimum absolute atomic E-state index is 0.374. The van der Waals surface area contributed by atoms with Crippen LogP contribution in [0.4, 0.5) is 4.79 Å². The second-order valence-electron chi connectivity index (χ2n) is 7.99. The van der Waals surface area contributed by atoms with Crippen molar-refractivity contribution in [1.29, 1.82) is 0 Å². The van der Waals surface area contributed by atoms with Gasteiger partial charge in [0.2, 0.25) is 0 Å². The standard InChI is InChI=1S/C21H23N3O4/c1-21(2,3)28-20(26)24-17-10-18(27-4)19(23-16(17)11-22-24)14-7-5-6-12-8-13(25)9-15(12)14/h5-7,10-11,13,25H,8-9H2,1-4H3. The first-order valence-electron chi connectivity index (χ1n) is 9.22. The van der Waals surface area contributed by atoms with Gasteiger partial charge in [-0.05, 0) is 44.7 Å².